The number of rotatable bonds is 1. The lowest BCUT2D eigenvalue weighted by Crippen LogP contribution is -2.00. The zero-order valence-corrected chi connectivity index (χ0v) is 6.92. The van der Waals surface area contributed by atoms with Crippen LogP contribution in [0.2, 0.25) is 0 Å². The maximum atomic E-state index is 4.24. The summed E-state index contributed by atoms with van der Waals surface area (Å²) in [4.78, 5) is 6.74. The molecule has 0 aliphatic heterocycles. The molecule has 2 rings (SSSR count). The number of hydrogen-bond donors (Lipinski definition) is 1. The van der Waals surface area contributed by atoms with Gasteiger partial charge in [-0.2, -0.15) is 10.1 Å². The van der Waals surface area contributed by atoms with Gasteiger partial charge in [-0.25, -0.2) is 4.68 Å². The van der Waals surface area contributed by atoms with Crippen LogP contribution in [0, 0.1) is 26.2 Å². The molecule has 0 atom stereocenters. The Hall–Kier alpha value is -1.76. The van der Waals surface area contributed by atoms with Crippen molar-refractivity contribution in [3.8, 4) is 5.95 Å². The van der Waals surface area contributed by atoms with Crippen molar-refractivity contribution < 1.29 is 0 Å². The van der Waals surface area contributed by atoms with Crippen LogP contribution >= 0.6 is 0 Å². The average molecular weight is 160 g/mol. The SMILES string of the molecule is Cc1cc(C)n(-c2nc#c[nH]2)n1. The second kappa shape index (κ2) is 2.38. The number of hydrogen-bond acceptors (Lipinski definition) is 2. The van der Waals surface area contributed by atoms with Crippen molar-refractivity contribution in [2.45, 2.75) is 13.8 Å². The standard InChI is InChI=1S/C8H8N4/c1-6-5-7(2)12(11-6)8-9-3-4-10-8/h5H,1-2H3,(H,9,10). The maximum Gasteiger partial charge on any atom is 0.245 e. The van der Waals surface area contributed by atoms with E-state index < -0.39 is 0 Å². The average Bonchev–Trinajstić information content (AvgIpc) is 2.58. The Morgan fingerprint density at radius 2 is 2.33 bits per heavy atom. The highest BCUT2D eigenvalue weighted by Gasteiger charge is 2.03. The zero-order valence-electron chi connectivity index (χ0n) is 6.92. The van der Waals surface area contributed by atoms with Crippen LogP contribution < -0.4 is 0 Å². The van der Waals surface area contributed by atoms with Crippen LogP contribution in [-0.4, -0.2) is 19.7 Å². The summed E-state index contributed by atoms with van der Waals surface area (Å²) in [7, 11) is 0. The predicted octanol–water partition coefficient (Wildman–Crippen LogP) is 0.813. The van der Waals surface area contributed by atoms with E-state index in [1.54, 1.807) is 4.68 Å². The van der Waals surface area contributed by atoms with Gasteiger partial charge in [0.2, 0.25) is 5.95 Å². The second-order valence-corrected chi connectivity index (χ2v) is 2.64. The highest BCUT2D eigenvalue weighted by Crippen LogP contribution is 2.05. The van der Waals surface area contributed by atoms with Gasteiger partial charge in [0, 0.05) is 11.9 Å². The van der Waals surface area contributed by atoms with E-state index in [0.717, 1.165) is 11.4 Å². The summed E-state index contributed by atoms with van der Waals surface area (Å²) in [6, 6.07) is 1.99. The van der Waals surface area contributed by atoms with Crippen molar-refractivity contribution >= 4 is 0 Å². The molecule has 0 radical (unpaired) electrons. The summed E-state index contributed by atoms with van der Waals surface area (Å²) in [6.45, 7) is 3.92. The fourth-order valence-electron chi connectivity index (χ4n) is 1.14. The van der Waals surface area contributed by atoms with E-state index >= 15 is 0 Å². The summed E-state index contributed by atoms with van der Waals surface area (Å²) in [5, 5.41) is 4.24. The Morgan fingerprint density at radius 1 is 1.50 bits per heavy atom. The smallest absolute Gasteiger partial charge is 0.245 e. The van der Waals surface area contributed by atoms with Crippen molar-refractivity contribution in [2.24, 2.45) is 0 Å². The van der Waals surface area contributed by atoms with Crippen molar-refractivity contribution in [1.82, 2.24) is 19.7 Å². The lowest BCUT2D eigenvalue weighted by Gasteiger charge is -1.96. The molecule has 0 aliphatic carbocycles. The molecule has 0 spiro atoms. The van der Waals surface area contributed by atoms with Gasteiger partial charge >= 0.3 is 0 Å². The third-order valence-electron chi connectivity index (χ3n) is 1.60. The Labute approximate surface area is 70.3 Å². The fourth-order valence-corrected chi connectivity index (χ4v) is 1.14. The van der Waals surface area contributed by atoms with Gasteiger partial charge in [-0.15, -0.1) is 0 Å². The number of H-pyrrole nitrogens is 1. The van der Waals surface area contributed by atoms with Crippen molar-refractivity contribution in [3.63, 3.8) is 0 Å². The largest absolute Gasteiger partial charge is 0.281 e. The van der Waals surface area contributed by atoms with Gasteiger partial charge in [0.1, 0.15) is 0 Å². The quantitative estimate of drug-likeness (QED) is 0.671. The van der Waals surface area contributed by atoms with E-state index in [4.69, 9.17) is 0 Å². The predicted molar refractivity (Wildman–Crippen MR) is 42.9 cm³/mol. The summed E-state index contributed by atoms with van der Waals surface area (Å²) < 4.78 is 1.72. The minimum absolute atomic E-state index is 0.653. The van der Waals surface area contributed by atoms with Gasteiger partial charge in [-0.1, -0.05) is 0 Å². The van der Waals surface area contributed by atoms with Gasteiger partial charge in [-0.3, -0.25) is 4.98 Å². The molecule has 2 heterocycles. The normalized spacial score (nSPS) is 9.83. The monoisotopic (exact) mass is 160 g/mol. The molecule has 2 aromatic heterocycles. The first-order valence-corrected chi connectivity index (χ1v) is 3.65. The molecule has 4 nitrogen and oxygen atoms in total. The first-order chi connectivity index (χ1) is 5.77. The molecule has 0 aliphatic rings. The van der Waals surface area contributed by atoms with Crippen LogP contribution in [0.3, 0.4) is 0 Å². The molecule has 0 fully saturated rings. The van der Waals surface area contributed by atoms with Gasteiger partial charge in [0.15, 0.2) is 0 Å². The molecule has 0 bridgehead atoms. The molecule has 1 N–H and O–H groups in total. The molecular weight excluding hydrogens is 152 g/mol. The lowest BCUT2D eigenvalue weighted by molar-refractivity contribution is 0.785. The van der Waals surface area contributed by atoms with Crippen LogP contribution in [0.4, 0.5) is 0 Å². The molecule has 0 amide bonds. The molecule has 12 heavy (non-hydrogen) atoms. The molecule has 0 aromatic carbocycles. The summed E-state index contributed by atoms with van der Waals surface area (Å²) in [6.07, 6.45) is 5.22. The molecule has 4 heteroatoms. The highest BCUT2D eigenvalue weighted by molar-refractivity contribution is 5.16. The van der Waals surface area contributed by atoms with Crippen molar-refractivity contribution in [2.75, 3.05) is 0 Å². The summed E-state index contributed by atoms with van der Waals surface area (Å²) >= 11 is 0. The fraction of sp³-hybridized carbons (Fsp3) is 0.250. The molecule has 0 saturated heterocycles. The third kappa shape index (κ3) is 0.957. The number of aryl methyl sites for hydroxylation is 2. The van der Waals surface area contributed by atoms with Crippen LogP contribution in [0.5, 0.6) is 0 Å². The van der Waals surface area contributed by atoms with Gasteiger partial charge in [0.05, 0.1) is 11.9 Å². The Morgan fingerprint density at radius 3 is 2.83 bits per heavy atom. The number of aromatic nitrogens is 4. The number of nitrogens with one attached hydrogen (secondary N) is 1. The van der Waals surface area contributed by atoms with E-state index in [0.29, 0.717) is 5.95 Å². The topological polar surface area (TPSA) is 46.5 Å². The maximum absolute atomic E-state index is 4.24. The van der Waals surface area contributed by atoms with E-state index in [-0.39, 0.29) is 0 Å². The van der Waals surface area contributed by atoms with Crippen LogP contribution in [0.15, 0.2) is 6.07 Å². The first kappa shape index (κ1) is 6.92. The molecular formula is C8H8N4. The van der Waals surface area contributed by atoms with Gasteiger partial charge < -0.3 is 0 Å². The number of aromatic amines is 1. The minimum atomic E-state index is 0.653. The van der Waals surface area contributed by atoms with Crippen molar-refractivity contribution in [1.29, 1.82) is 0 Å². The first-order valence-electron chi connectivity index (χ1n) is 3.65. The van der Waals surface area contributed by atoms with Gasteiger partial charge in [-0.05, 0) is 19.9 Å². The zero-order chi connectivity index (χ0) is 8.55. The Kier molecular flexibility index (Phi) is 1.37. The molecule has 2 aromatic rings. The van der Waals surface area contributed by atoms with E-state index in [1.807, 2.05) is 19.9 Å². The molecule has 0 unspecified atom stereocenters. The lowest BCUT2D eigenvalue weighted by atomic mass is 10.4. The van der Waals surface area contributed by atoms with E-state index in [1.165, 1.54) is 0 Å². The van der Waals surface area contributed by atoms with Crippen LogP contribution in [0.1, 0.15) is 11.4 Å². The Bertz CT molecular complexity index is 372. The highest BCUT2D eigenvalue weighted by atomic mass is 15.3. The number of nitrogens with zero attached hydrogens (tertiary/aromatic N) is 3. The second-order valence-electron chi connectivity index (χ2n) is 2.64. The summed E-state index contributed by atoms with van der Waals surface area (Å²) in [5.41, 5.74) is 2.02. The van der Waals surface area contributed by atoms with E-state index in [9.17, 15) is 0 Å². The van der Waals surface area contributed by atoms with Crippen LogP contribution in [-0.2, 0) is 0 Å². The third-order valence-corrected chi connectivity index (χ3v) is 1.60. The molecule has 60 valence electrons. The van der Waals surface area contributed by atoms with Crippen LogP contribution in [0.25, 0.3) is 5.95 Å². The Balaban J connectivity index is 2.54. The minimum Gasteiger partial charge on any atom is -0.281 e. The van der Waals surface area contributed by atoms with E-state index in [2.05, 4.69) is 27.5 Å². The molecule has 0 saturated carbocycles. The summed E-state index contributed by atoms with van der Waals surface area (Å²) in [5.74, 6) is 0.653. The van der Waals surface area contributed by atoms with Gasteiger partial charge in [0.25, 0.3) is 0 Å². The van der Waals surface area contributed by atoms with Crippen molar-refractivity contribution in [3.05, 3.63) is 29.8 Å².